The molecule has 8 heteroatoms. The third-order valence-electron chi connectivity index (χ3n) is 2.25. The van der Waals surface area contributed by atoms with Crippen LogP contribution in [0.4, 0.5) is 13.2 Å². The number of hydrogen-bond donors (Lipinski definition) is 1. The number of aromatic nitrogens is 2. The molecule has 100 valence electrons. The molecular weight excluding hydrogens is 320 g/mol. The van der Waals surface area contributed by atoms with E-state index in [4.69, 9.17) is 23.2 Å². The van der Waals surface area contributed by atoms with Crippen molar-refractivity contribution in [2.45, 2.75) is 6.18 Å². The van der Waals surface area contributed by atoms with Crippen molar-refractivity contribution in [3.05, 3.63) is 44.8 Å². The van der Waals surface area contributed by atoms with Crippen molar-refractivity contribution >= 4 is 35.4 Å². The third kappa shape index (κ3) is 3.26. The van der Waals surface area contributed by atoms with Crippen molar-refractivity contribution in [3.8, 4) is 11.3 Å². The minimum Gasteiger partial charge on any atom is -0.327 e. The topological polar surface area (TPSA) is 28.7 Å². The third-order valence-corrected chi connectivity index (χ3v) is 3.01. The number of hydrogen-bond acceptors (Lipinski definition) is 2. The van der Waals surface area contributed by atoms with Gasteiger partial charge in [0.2, 0.25) is 0 Å². The zero-order valence-electron chi connectivity index (χ0n) is 9.05. The van der Waals surface area contributed by atoms with Gasteiger partial charge in [0.1, 0.15) is 5.69 Å². The molecule has 0 atom stereocenters. The van der Waals surface area contributed by atoms with E-state index in [0.717, 1.165) is 6.07 Å². The molecule has 1 aromatic heterocycles. The number of H-pyrrole nitrogens is 1. The van der Waals surface area contributed by atoms with Crippen LogP contribution in [0.5, 0.6) is 0 Å². The maximum atomic E-state index is 12.7. The summed E-state index contributed by atoms with van der Waals surface area (Å²) in [5, 5.41) is 0.583. The highest BCUT2D eigenvalue weighted by atomic mass is 35.5. The number of halogens is 5. The van der Waals surface area contributed by atoms with E-state index in [1.165, 1.54) is 18.2 Å². The summed E-state index contributed by atoms with van der Waals surface area (Å²) < 4.78 is 37.8. The molecule has 0 saturated carbocycles. The standard InChI is InChI=1S/C11H5Cl2F3N2S/c12-5-1-2-7(13)6(3-5)8-4-9(11(14,15)16)18-10(19)17-8/h1-4H,(H,17,18,19). The molecular formula is C11H5Cl2F3N2S. The predicted molar refractivity (Wildman–Crippen MR) is 69.9 cm³/mol. The van der Waals surface area contributed by atoms with Crippen LogP contribution in [0.1, 0.15) is 5.69 Å². The summed E-state index contributed by atoms with van der Waals surface area (Å²) in [7, 11) is 0. The largest absolute Gasteiger partial charge is 0.431 e. The van der Waals surface area contributed by atoms with Crippen molar-refractivity contribution in [1.82, 2.24) is 9.97 Å². The van der Waals surface area contributed by atoms with Crippen LogP contribution in [0.25, 0.3) is 11.3 Å². The van der Waals surface area contributed by atoms with Gasteiger partial charge < -0.3 is 4.98 Å². The lowest BCUT2D eigenvalue weighted by Crippen LogP contribution is -2.09. The first-order chi connectivity index (χ1) is 8.77. The van der Waals surface area contributed by atoms with Gasteiger partial charge in [-0.05, 0) is 36.5 Å². The van der Waals surface area contributed by atoms with Crippen molar-refractivity contribution in [2.75, 3.05) is 0 Å². The minimum absolute atomic E-state index is 0.0172. The molecule has 0 radical (unpaired) electrons. The summed E-state index contributed by atoms with van der Waals surface area (Å²) in [6.07, 6.45) is -4.55. The number of benzene rings is 1. The summed E-state index contributed by atoms with van der Waals surface area (Å²) in [5.74, 6) is 0. The Kier molecular flexibility index (Phi) is 3.85. The molecule has 1 aromatic carbocycles. The van der Waals surface area contributed by atoms with Crippen LogP contribution in [0.2, 0.25) is 10.0 Å². The Labute approximate surface area is 121 Å². The monoisotopic (exact) mass is 324 g/mol. The average Bonchev–Trinajstić information content (AvgIpc) is 2.30. The summed E-state index contributed by atoms with van der Waals surface area (Å²) >= 11 is 16.4. The van der Waals surface area contributed by atoms with Crippen LogP contribution in [0, 0.1) is 4.77 Å². The molecule has 0 fully saturated rings. The van der Waals surface area contributed by atoms with Crippen LogP contribution >= 0.6 is 35.4 Å². The molecule has 1 N–H and O–H groups in total. The van der Waals surface area contributed by atoms with Gasteiger partial charge in [0.05, 0.1) is 10.7 Å². The molecule has 1 heterocycles. The Hall–Kier alpha value is -1.11. The zero-order chi connectivity index (χ0) is 14.2. The van der Waals surface area contributed by atoms with Crippen molar-refractivity contribution < 1.29 is 13.2 Å². The molecule has 0 amide bonds. The van der Waals surface area contributed by atoms with E-state index in [2.05, 4.69) is 17.2 Å². The van der Waals surface area contributed by atoms with E-state index in [1.54, 1.807) is 0 Å². The Balaban J connectivity index is 2.66. The fraction of sp³-hybridized carbons (Fsp3) is 0.0909. The first kappa shape index (κ1) is 14.3. The number of alkyl halides is 3. The van der Waals surface area contributed by atoms with Gasteiger partial charge in [-0.2, -0.15) is 13.2 Å². The summed E-state index contributed by atoms with van der Waals surface area (Å²) in [4.78, 5) is 5.83. The Morgan fingerprint density at radius 1 is 1.16 bits per heavy atom. The zero-order valence-corrected chi connectivity index (χ0v) is 11.4. The second-order valence-corrected chi connectivity index (χ2v) is 4.84. The lowest BCUT2D eigenvalue weighted by molar-refractivity contribution is -0.141. The predicted octanol–water partition coefficient (Wildman–Crippen LogP) is 5.13. The van der Waals surface area contributed by atoms with Gasteiger partial charge in [-0.15, -0.1) is 0 Å². The fourth-order valence-electron chi connectivity index (χ4n) is 1.44. The van der Waals surface area contributed by atoms with Crippen LogP contribution in [0.3, 0.4) is 0 Å². The molecule has 2 aromatic rings. The lowest BCUT2D eigenvalue weighted by Gasteiger charge is -2.09. The van der Waals surface area contributed by atoms with Crippen LogP contribution in [0.15, 0.2) is 24.3 Å². The number of nitrogens with zero attached hydrogens (tertiary/aromatic N) is 1. The van der Waals surface area contributed by atoms with E-state index < -0.39 is 11.9 Å². The molecule has 0 unspecified atom stereocenters. The van der Waals surface area contributed by atoms with Crippen molar-refractivity contribution in [2.24, 2.45) is 0 Å². The smallest absolute Gasteiger partial charge is 0.327 e. The number of nitrogens with one attached hydrogen (secondary N) is 1. The number of aromatic amines is 1. The highest BCUT2D eigenvalue weighted by Crippen LogP contribution is 2.33. The summed E-state index contributed by atoms with van der Waals surface area (Å²) in [6.45, 7) is 0. The Morgan fingerprint density at radius 2 is 1.84 bits per heavy atom. The quantitative estimate of drug-likeness (QED) is 0.736. The molecule has 2 rings (SSSR count). The van der Waals surface area contributed by atoms with E-state index in [0.29, 0.717) is 10.6 Å². The molecule has 0 saturated heterocycles. The van der Waals surface area contributed by atoms with Gasteiger partial charge in [-0.1, -0.05) is 23.2 Å². The maximum Gasteiger partial charge on any atom is 0.431 e. The second kappa shape index (κ2) is 5.11. The SMILES string of the molecule is FC(F)(F)c1cc(-c2cc(Cl)ccc2Cl)nc(=S)[nH]1. The summed E-state index contributed by atoms with van der Waals surface area (Å²) in [5.41, 5.74) is -0.679. The van der Waals surface area contributed by atoms with Crippen LogP contribution < -0.4 is 0 Å². The van der Waals surface area contributed by atoms with Gasteiger partial charge in [0, 0.05) is 10.6 Å². The summed E-state index contributed by atoms with van der Waals surface area (Å²) in [6, 6.07) is 5.28. The Morgan fingerprint density at radius 3 is 2.47 bits per heavy atom. The van der Waals surface area contributed by atoms with Crippen LogP contribution in [-0.2, 0) is 6.18 Å². The molecule has 2 nitrogen and oxygen atoms in total. The first-order valence-electron chi connectivity index (χ1n) is 4.91. The highest BCUT2D eigenvalue weighted by Gasteiger charge is 2.32. The van der Waals surface area contributed by atoms with E-state index in [-0.39, 0.29) is 15.5 Å². The van der Waals surface area contributed by atoms with Gasteiger partial charge in [0.15, 0.2) is 4.77 Å². The lowest BCUT2D eigenvalue weighted by atomic mass is 10.1. The van der Waals surface area contributed by atoms with Crippen molar-refractivity contribution in [3.63, 3.8) is 0 Å². The molecule has 19 heavy (non-hydrogen) atoms. The maximum absolute atomic E-state index is 12.7. The molecule has 0 aliphatic rings. The van der Waals surface area contributed by atoms with E-state index in [9.17, 15) is 13.2 Å². The van der Waals surface area contributed by atoms with E-state index in [1.807, 2.05) is 4.98 Å². The van der Waals surface area contributed by atoms with E-state index >= 15 is 0 Å². The molecule has 0 spiro atoms. The molecule has 0 bridgehead atoms. The number of rotatable bonds is 1. The minimum atomic E-state index is -4.55. The fourth-order valence-corrected chi connectivity index (χ4v) is 2.04. The van der Waals surface area contributed by atoms with Crippen molar-refractivity contribution in [1.29, 1.82) is 0 Å². The normalized spacial score (nSPS) is 11.6. The average molecular weight is 325 g/mol. The molecule has 0 aliphatic carbocycles. The Bertz CT molecular complexity index is 682. The second-order valence-electron chi connectivity index (χ2n) is 3.61. The molecule has 0 aliphatic heterocycles. The highest BCUT2D eigenvalue weighted by molar-refractivity contribution is 7.71. The van der Waals surface area contributed by atoms with Gasteiger partial charge in [-0.25, -0.2) is 4.98 Å². The van der Waals surface area contributed by atoms with Gasteiger partial charge in [-0.3, -0.25) is 0 Å². The first-order valence-corrected chi connectivity index (χ1v) is 6.08. The van der Waals surface area contributed by atoms with Crippen LogP contribution in [-0.4, -0.2) is 9.97 Å². The van der Waals surface area contributed by atoms with Gasteiger partial charge in [0.25, 0.3) is 0 Å². The van der Waals surface area contributed by atoms with Gasteiger partial charge >= 0.3 is 6.18 Å².